The standard InChI is InChI=1S/C14H18ClNO3/c1-14(2,13(18)19)7-8-16-12(17)9-10-5-3-4-6-11(10)15/h3-6H,7-9H2,1-2H3,(H,16,17)(H,18,19). The lowest BCUT2D eigenvalue weighted by Gasteiger charge is -2.18. The number of hydrogen-bond donors (Lipinski definition) is 2. The molecule has 0 spiro atoms. The molecule has 0 bridgehead atoms. The maximum Gasteiger partial charge on any atom is 0.309 e. The second-order valence-electron chi connectivity index (χ2n) is 5.06. The van der Waals surface area contributed by atoms with Gasteiger partial charge in [0.2, 0.25) is 5.91 Å². The SMILES string of the molecule is CC(C)(CCNC(=O)Cc1ccccc1Cl)C(=O)O. The number of carboxylic acid groups (broad SMARTS) is 1. The molecule has 0 fully saturated rings. The second-order valence-corrected chi connectivity index (χ2v) is 5.46. The molecule has 0 aliphatic carbocycles. The lowest BCUT2D eigenvalue weighted by molar-refractivity contribution is -0.147. The molecule has 0 aliphatic rings. The summed E-state index contributed by atoms with van der Waals surface area (Å²) < 4.78 is 0. The van der Waals surface area contributed by atoms with Crippen molar-refractivity contribution in [3.05, 3.63) is 34.9 Å². The van der Waals surface area contributed by atoms with Crippen LogP contribution in [0.4, 0.5) is 0 Å². The average Bonchev–Trinajstić information content (AvgIpc) is 2.31. The third-order valence-corrected chi connectivity index (χ3v) is 3.33. The summed E-state index contributed by atoms with van der Waals surface area (Å²) in [7, 11) is 0. The molecule has 1 amide bonds. The highest BCUT2D eigenvalue weighted by atomic mass is 35.5. The predicted octanol–water partition coefficient (Wildman–Crippen LogP) is 2.50. The molecule has 0 unspecified atom stereocenters. The maximum atomic E-state index is 11.7. The first kappa shape index (κ1) is 15.5. The van der Waals surface area contributed by atoms with Crippen LogP contribution >= 0.6 is 11.6 Å². The van der Waals surface area contributed by atoms with Gasteiger partial charge in [-0.2, -0.15) is 0 Å². The molecule has 19 heavy (non-hydrogen) atoms. The van der Waals surface area contributed by atoms with Gasteiger partial charge < -0.3 is 10.4 Å². The van der Waals surface area contributed by atoms with E-state index < -0.39 is 11.4 Å². The van der Waals surface area contributed by atoms with Gasteiger partial charge in [-0.1, -0.05) is 29.8 Å². The first-order chi connectivity index (χ1) is 8.83. The summed E-state index contributed by atoms with van der Waals surface area (Å²) in [5, 5.41) is 12.2. The minimum Gasteiger partial charge on any atom is -0.481 e. The monoisotopic (exact) mass is 283 g/mol. The Hall–Kier alpha value is -1.55. The van der Waals surface area contributed by atoms with E-state index >= 15 is 0 Å². The summed E-state index contributed by atoms with van der Waals surface area (Å²) in [5.74, 6) is -1.03. The minimum absolute atomic E-state index is 0.158. The summed E-state index contributed by atoms with van der Waals surface area (Å²) in [5.41, 5.74) is -0.0725. The van der Waals surface area contributed by atoms with Gasteiger partial charge >= 0.3 is 5.97 Å². The van der Waals surface area contributed by atoms with Gasteiger partial charge in [0.1, 0.15) is 0 Å². The summed E-state index contributed by atoms with van der Waals surface area (Å²) >= 11 is 5.96. The molecule has 0 saturated heterocycles. The molecule has 104 valence electrons. The molecule has 0 aromatic heterocycles. The number of hydrogen-bond acceptors (Lipinski definition) is 2. The van der Waals surface area contributed by atoms with Crippen molar-refractivity contribution in [1.82, 2.24) is 5.32 Å². The van der Waals surface area contributed by atoms with Crippen LogP contribution < -0.4 is 5.32 Å². The molecule has 0 saturated carbocycles. The van der Waals surface area contributed by atoms with Crippen molar-refractivity contribution in [3.8, 4) is 0 Å². The van der Waals surface area contributed by atoms with Crippen LogP contribution in [0.1, 0.15) is 25.8 Å². The number of benzene rings is 1. The number of carboxylic acids is 1. The fourth-order valence-electron chi connectivity index (χ4n) is 1.50. The first-order valence-corrected chi connectivity index (χ1v) is 6.44. The van der Waals surface area contributed by atoms with Crippen LogP contribution in [0.5, 0.6) is 0 Å². The normalized spacial score (nSPS) is 11.1. The predicted molar refractivity (Wildman–Crippen MR) is 74.2 cm³/mol. The molecular formula is C14H18ClNO3. The Balaban J connectivity index is 2.41. The van der Waals surface area contributed by atoms with Crippen LogP contribution in [0.15, 0.2) is 24.3 Å². The van der Waals surface area contributed by atoms with E-state index in [1.165, 1.54) is 0 Å². The Labute approximate surface area is 117 Å². The summed E-state index contributed by atoms with van der Waals surface area (Å²) in [4.78, 5) is 22.6. The van der Waals surface area contributed by atoms with Crippen LogP contribution in [0.3, 0.4) is 0 Å². The van der Waals surface area contributed by atoms with Gasteiger partial charge in [0.15, 0.2) is 0 Å². The van der Waals surface area contributed by atoms with E-state index in [2.05, 4.69) is 5.32 Å². The fourth-order valence-corrected chi connectivity index (χ4v) is 1.70. The van der Waals surface area contributed by atoms with Crippen LogP contribution in [-0.2, 0) is 16.0 Å². The number of nitrogens with one attached hydrogen (secondary N) is 1. The molecule has 1 aromatic carbocycles. The second kappa shape index (κ2) is 6.57. The summed E-state index contributed by atoms with van der Waals surface area (Å²) in [6.07, 6.45) is 0.587. The molecule has 0 atom stereocenters. The minimum atomic E-state index is -0.868. The van der Waals surface area contributed by atoms with Crippen molar-refractivity contribution in [2.45, 2.75) is 26.7 Å². The average molecular weight is 284 g/mol. The van der Waals surface area contributed by atoms with Gasteiger partial charge in [-0.25, -0.2) is 0 Å². The van der Waals surface area contributed by atoms with Gasteiger partial charge in [0, 0.05) is 11.6 Å². The highest BCUT2D eigenvalue weighted by molar-refractivity contribution is 6.31. The lowest BCUT2D eigenvalue weighted by atomic mass is 9.90. The van der Waals surface area contributed by atoms with Crippen molar-refractivity contribution in [2.24, 2.45) is 5.41 Å². The molecule has 1 aromatic rings. The third kappa shape index (κ3) is 4.91. The van der Waals surface area contributed by atoms with Crippen LogP contribution in [0.2, 0.25) is 5.02 Å². The number of carbonyl (C=O) groups excluding carboxylic acids is 1. The van der Waals surface area contributed by atoms with Gasteiger partial charge in [0.05, 0.1) is 11.8 Å². The largest absolute Gasteiger partial charge is 0.481 e. The zero-order valence-electron chi connectivity index (χ0n) is 11.1. The molecule has 0 aliphatic heterocycles. The number of halogens is 1. The molecule has 0 heterocycles. The van der Waals surface area contributed by atoms with Gasteiger partial charge in [-0.15, -0.1) is 0 Å². The number of carbonyl (C=O) groups is 2. The summed E-state index contributed by atoms with van der Waals surface area (Å²) in [6, 6.07) is 7.15. The summed E-state index contributed by atoms with van der Waals surface area (Å²) in [6.45, 7) is 3.60. The molecule has 1 rings (SSSR count). The quantitative estimate of drug-likeness (QED) is 0.843. The van der Waals surface area contributed by atoms with Crippen LogP contribution in [-0.4, -0.2) is 23.5 Å². The van der Waals surface area contributed by atoms with E-state index in [0.717, 1.165) is 5.56 Å². The molecular weight excluding hydrogens is 266 g/mol. The molecule has 5 heteroatoms. The Bertz CT molecular complexity index is 472. The highest BCUT2D eigenvalue weighted by Gasteiger charge is 2.26. The zero-order valence-corrected chi connectivity index (χ0v) is 11.8. The number of rotatable bonds is 6. The fraction of sp³-hybridized carbons (Fsp3) is 0.429. The van der Waals surface area contributed by atoms with E-state index in [1.54, 1.807) is 32.0 Å². The van der Waals surface area contributed by atoms with Crippen LogP contribution in [0, 0.1) is 5.41 Å². The van der Waals surface area contributed by atoms with Gasteiger partial charge in [0.25, 0.3) is 0 Å². The van der Waals surface area contributed by atoms with Gasteiger partial charge in [-0.3, -0.25) is 9.59 Å². The smallest absolute Gasteiger partial charge is 0.309 e. The topological polar surface area (TPSA) is 66.4 Å². The van der Waals surface area contributed by atoms with Crippen molar-refractivity contribution < 1.29 is 14.7 Å². The van der Waals surface area contributed by atoms with E-state index in [4.69, 9.17) is 16.7 Å². The van der Waals surface area contributed by atoms with E-state index in [0.29, 0.717) is 18.0 Å². The van der Waals surface area contributed by atoms with Crippen molar-refractivity contribution >= 4 is 23.5 Å². The number of amides is 1. The zero-order chi connectivity index (χ0) is 14.5. The van der Waals surface area contributed by atoms with Crippen molar-refractivity contribution in [2.75, 3.05) is 6.54 Å². The van der Waals surface area contributed by atoms with Gasteiger partial charge in [-0.05, 0) is 31.9 Å². The number of aliphatic carboxylic acids is 1. The Kier molecular flexibility index (Phi) is 5.36. The Morgan fingerprint density at radius 3 is 2.53 bits per heavy atom. The van der Waals surface area contributed by atoms with E-state index in [1.807, 2.05) is 6.07 Å². The Morgan fingerprint density at radius 1 is 1.32 bits per heavy atom. The first-order valence-electron chi connectivity index (χ1n) is 6.06. The van der Waals surface area contributed by atoms with E-state index in [9.17, 15) is 9.59 Å². The van der Waals surface area contributed by atoms with E-state index in [-0.39, 0.29) is 12.3 Å². The van der Waals surface area contributed by atoms with Crippen molar-refractivity contribution in [1.29, 1.82) is 0 Å². The Morgan fingerprint density at radius 2 is 1.95 bits per heavy atom. The van der Waals surface area contributed by atoms with Crippen LogP contribution in [0.25, 0.3) is 0 Å². The third-order valence-electron chi connectivity index (χ3n) is 2.96. The van der Waals surface area contributed by atoms with Crippen molar-refractivity contribution in [3.63, 3.8) is 0 Å². The molecule has 2 N–H and O–H groups in total. The molecule has 4 nitrogen and oxygen atoms in total. The molecule has 0 radical (unpaired) electrons. The highest BCUT2D eigenvalue weighted by Crippen LogP contribution is 2.19. The maximum absolute atomic E-state index is 11.7. The lowest BCUT2D eigenvalue weighted by Crippen LogP contribution is -2.32.